The van der Waals surface area contributed by atoms with Gasteiger partial charge in [-0.25, -0.2) is 19.3 Å². The molecule has 162 valence electrons. The summed E-state index contributed by atoms with van der Waals surface area (Å²) in [5, 5.41) is 7.19. The highest BCUT2D eigenvalue weighted by molar-refractivity contribution is 7.19. The van der Waals surface area contributed by atoms with Crippen molar-refractivity contribution in [3.05, 3.63) is 46.8 Å². The summed E-state index contributed by atoms with van der Waals surface area (Å²) in [4.78, 5) is 27.1. The third kappa shape index (κ3) is 3.75. The lowest BCUT2D eigenvalue weighted by Crippen LogP contribution is -2.36. The van der Waals surface area contributed by atoms with Crippen molar-refractivity contribution < 1.29 is 9.18 Å². The number of allylic oxidation sites excluding steroid dienone is 1. The smallest absolute Gasteiger partial charge is 0.223 e. The number of benzene rings is 1. The van der Waals surface area contributed by atoms with Crippen molar-refractivity contribution in [3.63, 3.8) is 0 Å². The summed E-state index contributed by atoms with van der Waals surface area (Å²) in [5.74, 6) is 0.700. The maximum atomic E-state index is 14.6. The maximum absolute atomic E-state index is 14.6. The van der Waals surface area contributed by atoms with E-state index < -0.39 is 0 Å². The topological polar surface area (TPSA) is 79.8 Å². The second-order valence-electron chi connectivity index (χ2n) is 8.31. The Morgan fingerprint density at radius 1 is 1.12 bits per heavy atom. The normalized spacial score (nSPS) is 18.7. The zero-order valence-electron chi connectivity index (χ0n) is 17.1. The maximum Gasteiger partial charge on any atom is 0.223 e. The van der Waals surface area contributed by atoms with Crippen LogP contribution in [0.4, 0.5) is 15.9 Å². The molecule has 32 heavy (non-hydrogen) atoms. The fourth-order valence-electron chi connectivity index (χ4n) is 4.07. The summed E-state index contributed by atoms with van der Waals surface area (Å²) in [7, 11) is 0. The minimum absolute atomic E-state index is 0.211. The van der Waals surface area contributed by atoms with E-state index in [0.717, 1.165) is 57.4 Å². The van der Waals surface area contributed by atoms with Gasteiger partial charge in [-0.05, 0) is 55.9 Å². The Morgan fingerprint density at radius 3 is 2.84 bits per heavy atom. The number of nitrogens with zero attached hydrogens (tertiary/aromatic N) is 3. The second-order valence-corrected chi connectivity index (χ2v) is 10.2. The molecule has 0 radical (unpaired) electrons. The van der Waals surface area contributed by atoms with Crippen molar-refractivity contribution in [2.45, 2.75) is 38.1 Å². The number of carbonyl (C=O) groups excluding carboxylic acids is 1. The number of anilines is 2. The van der Waals surface area contributed by atoms with Crippen LogP contribution in [-0.2, 0) is 4.79 Å². The van der Waals surface area contributed by atoms with Gasteiger partial charge in [0.15, 0.2) is 0 Å². The van der Waals surface area contributed by atoms with Crippen molar-refractivity contribution in [1.82, 2.24) is 20.3 Å². The molecule has 1 atom stereocenters. The van der Waals surface area contributed by atoms with Crippen molar-refractivity contribution in [3.8, 4) is 0 Å². The first-order valence-corrected chi connectivity index (χ1v) is 12.4. The molecule has 1 saturated carbocycles. The lowest BCUT2D eigenvalue weighted by atomic mass is 9.94. The molecule has 2 aliphatic rings. The Hall–Kier alpha value is -2.91. The van der Waals surface area contributed by atoms with Crippen LogP contribution >= 0.6 is 22.7 Å². The van der Waals surface area contributed by atoms with Gasteiger partial charge in [-0.3, -0.25) is 4.79 Å². The first-order valence-electron chi connectivity index (χ1n) is 10.7. The van der Waals surface area contributed by atoms with Gasteiger partial charge in [0, 0.05) is 16.8 Å². The molecule has 0 unspecified atom stereocenters. The first-order chi connectivity index (χ1) is 15.6. The molecule has 2 N–H and O–H groups in total. The van der Waals surface area contributed by atoms with Crippen molar-refractivity contribution in [2.24, 2.45) is 5.92 Å². The number of nitrogens with one attached hydrogen (secondary N) is 2. The minimum Gasteiger partial charge on any atom is -0.353 e. The van der Waals surface area contributed by atoms with Crippen LogP contribution in [0.3, 0.4) is 0 Å². The van der Waals surface area contributed by atoms with Crippen LogP contribution in [0.5, 0.6) is 0 Å². The van der Waals surface area contributed by atoms with Gasteiger partial charge in [0.2, 0.25) is 5.91 Å². The molecule has 0 saturated heterocycles. The molecular weight excluding hydrogens is 445 g/mol. The highest BCUT2D eigenvalue weighted by Crippen LogP contribution is 2.38. The van der Waals surface area contributed by atoms with Crippen LogP contribution in [0.15, 0.2) is 36.1 Å². The summed E-state index contributed by atoms with van der Waals surface area (Å²) in [5.41, 5.74) is 4.08. The standard InChI is InChI=1S/C23H20FN5OS2/c24-16-8-20-18(27-11-31-20)9-17(16)29-21-15-7-19(32-23(15)26-10-25-21)12-3-5-14(6-4-12)28-22(30)13-1-2-13/h3,7-11,13-14H,1-2,4-6H2,(H,28,30)(H,25,26,29)/t14-/m0/s1. The number of amides is 1. The van der Waals surface area contributed by atoms with E-state index in [0.29, 0.717) is 11.5 Å². The van der Waals surface area contributed by atoms with Gasteiger partial charge < -0.3 is 10.6 Å². The number of halogens is 1. The molecular formula is C23H20FN5OS2. The molecule has 6 nitrogen and oxygen atoms in total. The van der Waals surface area contributed by atoms with Gasteiger partial charge in [-0.1, -0.05) is 6.08 Å². The van der Waals surface area contributed by atoms with E-state index in [2.05, 4.69) is 37.7 Å². The Balaban J connectivity index is 1.25. The molecule has 9 heteroatoms. The van der Waals surface area contributed by atoms with Gasteiger partial charge in [0.05, 0.1) is 26.8 Å². The van der Waals surface area contributed by atoms with Gasteiger partial charge in [0.1, 0.15) is 22.8 Å². The highest BCUT2D eigenvalue weighted by Gasteiger charge is 2.31. The number of rotatable bonds is 5. The molecule has 3 aromatic heterocycles. The van der Waals surface area contributed by atoms with Crippen molar-refractivity contribution in [1.29, 1.82) is 0 Å². The van der Waals surface area contributed by atoms with Crippen LogP contribution in [0.1, 0.15) is 37.0 Å². The first kappa shape index (κ1) is 19.8. The average molecular weight is 466 g/mol. The summed E-state index contributed by atoms with van der Waals surface area (Å²) >= 11 is 3.03. The molecule has 2 aliphatic carbocycles. The van der Waals surface area contributed by atoms with Crippen LogP contribution in [0.2, 0.25) is 0 Å². The monoisotopic (exact) mass is 465 g/mol. The van der Waals surface area contributed by atoms with E-state index in [9.17, 15) is 9.18 Å². The quantitative estimate of drug-likeness (QED) is 0.398. The third-order valence-electron chi connectivity index (χ3n) is 6.02. The number of hydrogen-bond donors (Lipinski definition) is 2. The van der Waals surface area contributed by atoms with Crippen molar-refractivity contribution >= 4 is 66.1 Å². The summed E-state index contributed by atoms with van der Waals surface area (Å²) in [6.45, 7) is 0. The van der Waals surface area contributed by atoms with Crippen LogP contribution < -0.4 is 10.6 Å². The molecule has 1 amide bonds. The third-order valence-corrected chi connectivity index (χ3v) is 7.93. The van der Waals surface area contributed by atoms with Gasteiger partial charge in [-0.15, -0.1) is 22.7 Å². The molecule has 4 aromatic rings. The molecule has 6 rings (SSSR count). The Labute approximate surface area is 191 Å². The van der Waals surface area contributed by atoms with Crippen molar-refractivity contribution in [2.75, 3.05) is 5.32 Å². The molecule has 0 spiro atoms. The number of fused-ring (bicyclic) bond motifs is 2. The fraction of sp³-hybridized carbons (Fsp3) is 0.304. The Bertz CT molecular complexity index is 1370. The minimum atomic E-state index is -0.335. The average Bonchev–Trinajstić information content (AvgIpc) is 3.40. The molecule has 3 heterocycles. The van der Waals surface area contributed by atoms with E-state index in [1.54, 1.807) is 22.9 Å². The summed E-state index contributed by atoms with van der Waals surface area (Å²) < 4.78 is 15.4. The number of carbonyl (C=O) groups is 1. The summed E-state index contributed by atoms with van der Waals surface area (Å²) in [6.07, 6.45) is 8.48. The summed E-state index contributed by atoms with van der Waals surface area (Å²) in [6, 6.07) is 5.51. The highest BCUT2D eigenvalue weighted by atomic mass is 32.1. The van der Waals surface area contributed by atoms with Gasteiger partial charge in [0.25, 0.3) is 0 Å². The van der Waals surface area contributed by atoms with Crippen LogP contribution in [-0.4, -0.2) is 26.9 Å². The predicted octanol–water partition coefficient (Wildman–Crippen LogP) is 5.65. The van der Waals surface area contributed by atoms with Gasteiger partial charge in [-0.2, -0.15) is 0 Å². The van der Waals surface area contributed by atoms with E-state index in [4.69, 9.17) is 0 Å². The van der Waals surface area contributed by atoms with E-state index >= 15 is 0 Å². The lowest BCUT2D eigenvalue weighted by molar-refractivity contribution is -0.123. The lowest BCUT2D eigenvalue weighted by Gasteiger charge is -2.22. The number of aromatic nitrogens is 3. The van der Waals surface area contributed by atoms with Gasteiger partial charge >= 0.3 is 0 Å². The molecule has 1 aromatic carbocycles. The molecule has 0 bridgehead atoms. The molecule has 0 aliphatic heterocycles. The second kappa shape index (κ2) is 7.90. The SMILES string of the molecule is O=C(N[C@H]1CC=C(c2cc3c(Nc4cc5ncsc5cc4F)ncnc3s2)CC1)C1CC1. The number of thiazole rings is 1. The predicted molar refractivity (Wildman–Crippen MR) is 127 cm³/mol. The largest absolute Gasteiger partial charge is 0.353 e. The van der Waals surface area contributed by atoms with E-state index in [-0.39, 0.29) is 23.7 Å². The number of hydrogen-bond acceptors (Lipinski definition) is 7. The van der Waals surface area contributed by atoms with E-state index in [1.807, 2.05) is 0 Å². The zero-order chi connectivity index (χ0) is 21.7. The number of thiophene rings is 1. The molecule has 1 fully saturated rings. The van der Waals surface area contributed by atoms with Crippen LogP contribution in [0.25, 0.3) is 26.0 Å². The Morgan fingerprint density at radius 2 is 2.03 bits per heavy atom. The van der Waals surface area contributed by atoms with Crippen LogP contribution in [0, 0.1) is 11.7 Å². The Kier molecular flexibility index (Phi) is 4.87. The van der Waals surface area contributed by atoms with E-state index in [1.165, 1.54) is 29.3 Å². The zero-order valence-corrected chi connectivity index (χ0v) is 18.7. The fourth-order valence-corrected chi connectivity index (χ4v) is 5.82.